The summed E-state index contributed by atoms with van der Waals surface area (Å²) in [5.74, 6) is -0.510. The van der Waals surface area contributed by atoms with Crippen molar-refractivity contribution in [1.29, 1.82) is 0 Å². The van der Waals surface area contributed by atoms with Crippen LogP contribution < -0.4 is 0 Å². The van der Waals surface area contributed by atoms with Crippen LogP contribution in [0.4, 0.5) is 0 Å². The normalized spacial score (nSPS) is 27.0. The number of carbonyl (C=O) groups is 2. The number of carbonyl (C=O) groups excluding carboxylic acids is 2. The van der Waals surface area contributed by atoms with Crippen LogP contribution >= 0.6 is 0 Å². The minimum atomic E-state index is -1.53. The Labute approximate surface area is 304 Å². The van der Waals surface area contributed by atoms with Crippen LogP contribution in [0.3, 0.4) is 0 Å². The summed E-state index contributed by atoms with van der Waals surface area (Å²) in [6.07, 6.45) is -12.7. The highest BCUT2D eigenvalue weighted by molar-refractivity contribution is 5.81. The highest BCUT2D eigenvalue weighted by Gasteiger charge is 2.55. The predicted octanol–water partition coefficient (Wildman–Crippen LogP) is 1.23. The molecular formula is C36H67NO14. The zero-order valence-corrected chi connectivity index (χ0v) is 32.9. The zero-order chi connectivity index (χ0) is 39.1. The summed E-state index contributed by atoms with van der Waals surface area (Å²) >= 11 is 0. The highest BCUT2D eigenvalue weighted by Crippen LogP contribution is 2.36. The molecule has 10 atom stereocenters. The molecule has 15 nitrogen and oxygen atoms in total. The second kappa shape index (κ2) is 19.3. The summed E-state index contributed by atoms with van der Waals surface area (Å²) in [5.41, 5.74) is -3.33. The molecule has 2 fully saturated rings. The fourth-order valence-electron chi connectivity index (χ4n) is 5.97. The van der Waals surface area contributed by atoms with Crippen molar-refractivity contribution in [1.82, 2.24) is 4.90 Å². The molecule has 0 aliphatic carbocycles. The lowest BCUT2D eigenvalue weighted by atomic mass is 9.85. The lowest BCUT2D eigenvalue weighted by Crippen LogP contribution is -2.68. The lowest BCUT2D eigenvalue weighted by molar-refractivity contribution is -0.293. The third-order valence-corrected chi connectivity index (χ3v) is 9.62. The molecule has 1 amide bonds. The van der Waals surface area contributed by atoms with Crippen molar-refractivity contribution in [2.75, 3.05) is 40.5 Å². The summed E-state index contributed by atoms with van der Waals surface area (Å²) in [5, 5.41) is 45.0. The number of rotatable bonds is 21. The Kier molecular flexibility index (Phi) is 17.3. The number of amides is 1. The average Bonchev–Trinajstić information content (AvgIpc) is 3.54. The number of hydrogen-bond donors (Lipinski definition) is 4. The molecule has 300 valence electrons. The van der Waals surface area contributed by atoms with E-state index in [4.69, 9.17) is 37.9 Å². The largest absolute Gasteiger partial charge is 0.390 e. The molecule has 0 saturated carbocycles. The fraction of sp³-hybridized carbons (Fsp3) is 0.944. The lowest BCUT2D eigenvalue weighted by Gasteiger charge is -2.50. The molecule has 2 saturated heterocycles. The number of hydrogen-bond acceptors (Lipinski definition) is 14. The zero-order valence-electron chi connectivity index (χ0n) is 32.9. The van der Waals surface area contributed by atoms with Crippen molar-refractivity contribution in [2.45, 2.75) is 173 Å². The Bertz CT molecular complexity index is 1060. The molecule has 0 aromatic rings. The Morgan fingerprint density at radius 2 is 1.57 bits per heavy atom. The van der Waals surface area contributed by atoms with E-state index in [9.17, 15) is 30.0 Å². The molecule has 2 rings (SSSR count). The molecule has 0 aromatic heterocycles. The van der Waals surface area contributed by atoms with Gasteiger partial charge in [0.15, 0.2) is 18.7 Å². The van der Waals surface area contributed by atoms with Crippen molar-refractivity contribution < 1.29 is 67.9 Å². The molecule has 0 radical (unpaired) electrons. The average molecular weight is 738 g/mol. The number of aliphatic hydroxyl groups is 4. The summed E-state index contributed by atoms with van der Waals surface area (Å²) in [7, 11) is 2.86. The predicted molar refractivity (Wildman–Crippen MR) is 186 cm³/mol. The molecule has 2 aliphatic heterocycles. The van der Waals surface area contributed by atoms with Crippen LogP contribution in [-0.2, 0) is 47.5 Å². The van der Waals surface area contributed by atoms with E-state index in [1.54, 1.807) is 41.7 Å². The van der Waals surface area contributed by atoms with Gasteiger partial charge in [0.2, 0.25) is 0 Å². The summed E-state index contributed by atoms with van der Waals surface area (Å²) in [6.45, 7) is 20.4. The van der Waals surface area contributed by atoms with Crippen LogP contribution in [0.1, 0.15) is 82.6 Å². The van der Waals surface area contributed by atoms with Gasteiger partial charge in [-0.3, -0.25) is 4.79 Å². The Balaban J connectivity index is 2.30. The number of aliphatic hydroxyl groups excluding tert-OH is 4. The Hall–Kier alpha value is -1.34. The van der Waals surface area contributed by atoms with Crippen molar-refractivity contribution in [3.8, 4) is 0 Å². The maximum absolute atomic E-state index is 13.9. The smallest absolute Gasteiger partial charge is 0.254 e. The number of nitrogens with zero attached hydrogens (tertiary/aromatic N) is 1. The fourth-order valence-corrected chi connectivity index (χ4v) is 5.97. The Morgan fingerprint density at radius 3 is 2.08 bits per heavy atom. The standard InChI is InChI=1S/C36H67NO14/c1-20(2)35(8,9)51-30-27(41)28(42)32(49-31(30)33(43)37(12)17-25-45-14-15-46-25)36(10,11)47-19-34(6,7)50-29(24(18-38)44-13)26(40)23(39)16-22(5)48-21(3)4/h18,20-32,39-42H,14-17,19H2,1-13H3/t22-,23?,24?,26?,27?,28?,29+,30-,31?,32?/m0/s1. The van der Waals surface area contributed by atoms with Gasteiger partial charge in [-0.15, -0.1) is 0 Å². The number of methoxy groups -OCH3 is 1. The third kappa shape index (κ3) is 12.9. The van der Waals surface area contributed by atoms with E-state index in [2.05, 4.69) is 0 Å². The molecule has 2 heterocycles. The molecular weight excluding hydrogens is 670 g/mol. The first kappa shape index (κ1) is 45.8. The summed E-state index contributed by atoms with van der Waals surface area (Å²) < 4.78 is 47.2. The van der Waals surface area contributed by atoms with Crippen molar-refractivity contribution in [3.05, 3.63) is 0 Å². The van der Waals surface area contributed by atoms with E-state index in [1.165, 1.54) is 12.0 Å². The van der Waals surface area contributed by atoms with Crippen LogP contribution in [0.5, 0.6) is 0 Å². The van der Waals surface area contributed by atoms with E-state index >= 15 is 0 Å². The van der Waals surface area contributed by atoms with E-state index < -0.39 is 83.9 Å². The molecule has 2 aliphatic rings. The maximum Gasteiger partial charge on any atom is 0.254 e. The van der Waals surface area contributed by atoms with Gasteiger partial charge in [0.25, 0.3) is 5.91 Å². The SMILES string of the molecule is COC(C=O)[C@@H](OC(C)(C)COC(C)(C)C1OC(C(=O)N(C)CC2OCCO2)[C@@H](OC(C)(C)C(C)C)C(O)C1O)C(O)C(O)C[C@H](C)OC(C)C. The van der Waals surface area contributed by atoms with Gasteiger partial charge in [0, 0.05) is 20.6 Å². The monoisotopic (exact) mass is 737 g/mol. The van der Waals surface area contributed by atoms with E-state index in [1.807, 2.05) is 41.5 Å². The van der Waals surface area contributed by atoms with E-state index in [-0.39, 0.29) is 37.7 Å². The van der Waals surface area contributed by atoms with Crippen LogP contribution in [0.15, 0.2) is 0 Å². The first-order valence-corrected chi connectivity index (χ1v) is 18.0. The second-order valence-corrected chi connectivity index (χ2v) is 16.0. The van der Waals surface area contributed by atoms with Crippen LogP contribution in [0.2, 0.25) is 0 Å². The molecule has 0 bridgehead atoms. The van der Waals surface area contributed by atoms with Gasteiger partial charge in [0.05, 0.1) is 61.5 Å². The molecule has 15 heteroatoms. The topological polar surface area (TPSA) is 192 Å². The number of aldehydes is 1. The van der Waals surface area contributed by atoms with Gasteiger partial charge in [-0.05, 0) is 68.2 Å². The van der Waals surface area contributed by atoms with Gasteiger partial charge in [0.1, 0.15) is 42.7 Å². The van der Waals surface area contributed by atoms with Crippen molar-refractivity contribution >= 4 is 12.2 Å². The van der Waals surface area contributed by atoms with Gasteiger partial charge in [-0.2, -0.15) is 0 Å². The number of likely N-dealkylation sites (N-methyl/N-ethyl adjacent to an activating group) is 1. The van der Waals surface area contributed by atoms with Gasteiger partial charge >= 0.3 is 0 Å². The summed E-state index contributed by atoms with van der Waals surface area (Å²) in [6, 6.07) is 0. The number of ether oxygens (including phenoxy) is 8. The second-order valence-electron chi connectivity index (χ2n) is 16.0. The first-order valence-electron chi connectivity index (χ1n) is 18.0. The Morgan fingerprint density at radius 1 is 0.980 bits per heavy atom. The highest BCUT2D eigenvalue weighted by atomic mass is 16.7. The molecule has 51 heavy (non-hydrogen) atoms. The van der Waals surface area contributed by atoms with E-state index in [0.717, 1.165) is 0 Å². The van der Waals surface area contributed by atoms with Crippen LogP contribution in [0.25, 0.3) is 0 Å². The van der Waals surface area contributed by atoms with Crippen molar-refractivity contribution in [3.63, 3.8) is 0 Å². The quantitative estimate of drug-likeness (QED) is 0.123. The summed E-state index contributed by atoms with van der Waals surface area (Å²) in [4.78, 5) is 27.3. The van der Waals surface area contributed by atoms with Gasteiger partial charge in [-0.1, -0.05) is 13.8 Å². The van der Waals surface area contributed by atoms with Crippen LogP contribution in [0, 0.1) is 5.92 Å². The molecule has 4 N–H and O–H groups in total. The van der Waals surface area contributed by atoms with Crippen LogP contribution in [-0.4, -0.2) is 168 Å². The molecule has 7 unspecified atom stereocenters. The molecule has 0 aromatic carbocycles. The molecule has 0 spiro atoms. The minimum Gasteiger partial charge on any atom is -0.390 e. The van der Waals surface area contributed by atoms with E-state index in [0.29, 0.717) is 19.5 Å². The third-order valence-electron chi connectivity index (χ3n) is 9.62. The van der Waals surface area contributed by atoms with Gasteiger partial charge in [-0.25, -0.2) is 0 Å². The van der Waals surface area contributed by atoms with Crippen molar-refractivity contribution in [2.24, 2.45) is 5.92 Å². The maximum atomic E-state index is 13.9. The van der Waals surface area contributed by atoms with Gasteiger partial charge < -0.3 is 68.0 Å². The minimum absolute atomic E-state index is 0.00695. The first-order chi connectivity index (χ1) is 23.5.